The predicted octanol–water partition coefficient (Wildman–Crippen LogP) is 5.94. The van der Waals surface area contributed by atoms with E-state index in [1.54, 1.807) is 30.7 Å². The normalized spacial score (nSPS) is 12.3. The van der Waals surface area contributed by atoms with Gasteiger partial charge in [-0.25, -0.2) is 9.97 Å². The number of carbonyl (C=O) groups excluding carboxylic acids is 1. The van der Waals surface area contributed by atoms with Crippen LogP contribution in [0.2, 0.25) is 5.02 Å². The molecule has 0 radical (unpaired) electrons. The number of hydrogen-bond donors (Lipinski definition) is 1. The van der Waals surface area contributed by atoms with Gasteiger partial charge in [0.25, 0.3) is 5.91 Å². The lowest BCUT2D eigenvalue weighted by Gasteiger charge is -2.20. The highest BCUT2D eigenvalue weighted by atomic mass is 35.5. The Hall–Kier alpha value is -3.18. The molecule has 0 aliphatic rings. The van der Waals surface area contributed by atoms with Gasteiger partial charge in [-0.2, -0.15) is 0 Å². The van der Waals surface area contributed by atoms with Crippen molar-refractivity contribution in [1.82, 2.24) is 19.9 Å². The Morgan fingerprint density at radius 1 is 1.06 bits per heavy atom. The van der Waals surface area contributed by atoms with Crippen LogP contribution in [-0.2, 0) is 0 Å². The summed E-state index contributed by atoms with van der Waals surface area (Å²) in [5, 5.41) is 4.38. The number of aromatic nitrogens is 3. The molecule has 0 aliphatic carbocycles. The number of nitrogens with one attached hydrogen (secondary N) is 1. The molecular weight excluding hydrogens is 420 g/mol. The molecule has 0 spiro atoms. The van der Waals surface area contributed by atoms with Gasteiger partial charge in [0.05, 0.1) is 16.1 Å². The van der Waals surface area contributed by atoms with Crippen molar-refractivity contribution in [3.8, 4) is 5.95 Å². The first kappa shape index (κ1) is 22.0. The molecule has 4 aromatic rings. The van der Waals surface area contributed by atoms with Crippen LogP contribution in [0.4, 0.5) is 0 Å². The molecule has 5 nitrogen and oxygen atoms in total. The summed E-state index contributed by atoms with van der Waals surface area (Å²) in [6, 6.07) is 15.9. The maximum Gasteiger partial charge on any atom is 0.253 e. The third-order valence-corrected chi connectivity index (χ3v) is 5.92. The molecule has 2 aromatic heterocycles. The fourth-order valence-corrected chi connectivity index (χ4v) is 4.32. The van der Waals surface area contributed by atoms with Gasteiger partial charge in [-0.3, -0.25) is 9.36 Å². The SMILES string of the molecule is Cc1ccc(C(CNC(=O)c2cn(-c3ncccn3)c3cccc(Cl)c23)CC(C)C)cc1. The standard InChI is InChI=1S/C26H27ClN4O/c1-17(2)14-20(19-10-8-18(3)9-11-19)15-30-25(32)21-16-31(26-28-12-5-13-29-26)23-7-4-6-22(27)24(21)23/h4-13,16-17,20H,14-15H2,1-3H3,(H,30,32). The van der Waals surface area contributed by atoms with Gasteiger partial charge in [-0.15, -0.1) is 0 Å². The van der Waals surface area contributed by atoms with E-state index >= 15 is 0 Å². The van der Waals surface area contributed by atoms with Crippen molar-refractivity contribution in [2.75, 3.05) is 6.54 Å². The highest BCUT2D eigenvalue weighted by Gasteiger charge is 2.21. The van der Waals surface area contributed by atoms with Gasteiger partial charge in [-0.05, 0) is 43.0 Å². The molecule has 2 heterocycles. The maximum absolute atomic E-state index is 13.3. The Morgan fingerprint density at radius 2 is 1.78 bits per heavy atom. The number of nitrogens with zero attached hydrogens (tertiary/aromatic N) is 3. The van der Waals surface area contributed by atoms with Crippen molar-refractivity contribution >= 4 is 28.4 Å². The van der Waals surface area contributed by atoms with Crippen LogP contribution in [0.1, 0.15) is 47.7 Å². The van der Waals surface area contributed by atoms with Crippen LogP contribution in [0.5, 0.6) is 0 Å². The molecule has 6 heteroatoms. The van der Waals surface area contributed by atoms with Crippen molar-refractivity contribution in [2.45, 2.75) is 33.1 Å². The molecule has 4 rings (SSSR count). The fraction of sp³-hybridized carbons (Fsp3) is 0.269. The van der Waals surface area contributed by atoms with Crippen LogP contribution < -0.4 is 5.32 Å². The van der Waals surface area contributed by atoms with Gasteiger partial charge in [0.15, 0.2) is 0 Å². The average molecular weight is 447 g/mol. The van der Waals surface area contributed by atoms with Crippen LogP contribution in [0, 0.1) is 12.8 Å². The molecule has 0 bridgehead atoms. The number of hydrogen-bond acceptors (Lipinski definition) is 3. The number of aryl methyl sites for hydroxylation is 1. The second kappa shape index (κ2) is 9.53. The van der Waals surface area contributed by atoms with E-state index in [9.17, 15) is 4.79 Å². The topological polar surface area (TPSA) is 59.8 Å². The summed E-state index contributed by atoms with van der Waals surface area (Å²) in [6.07, 6.45) is 6.11. The van der Waals surface area contributed by atoms with Crippen LogP contribution in [-0.4, -0.2) is 27.0 Å². The number of carbonyl (C=O) groups is 1. The van der Waals surface area contributed by atoms with Crippen molar-refractivity contribution < 1.29 is 4.79 Å². The lowest BCUT2D eigenvalue weighted by atomic mass is 9.89. The fourth-order valence-electron chi connectivity index (χ4n) is 4.05. The summed E-state index contributed by atoms with van der Waals surface area (Å²) >= 11 is 6.52. The summed E-state index contributed by atoms with van der Waals surface area (Å²) in [5.41, 5.74) is 3.78. The highest BCUT2D eigenvalue weighted by Crippen LogP contribution is 2.30. The Labute approximate surface area is 193 Å². The summed E-state index contributed by atoms with van der Waals surface area (Å²) in [7, 11) is 0. The third kappa shape index (κ3) is 4.68. The number of rotatable bonds is 7. The van der Waals surface area contributed by atoms with E-state index in [0.717, 1.165) is 11.9 Å². The molecule has 0 fully saturated rings. The molecule has 1 atom stereocenters. The van der Waals surface area contributed by atoms with E-state index < -0.39 is 0 Å². The van der Waals surface area contributed by atoms with E-state index in [0.29, 0.717) is 34.4 Å². The minimum Gasteiger partial charge on any atom is -0.351 e. The number of benzene rings is 2. The number of fused-ring (bicyclic) bond motifs is 1. The zero-order chi connectivity index (χ0) is 22.7. The van der Waals surface area contributed by atoms with E-state index in [1.165, 1.54) is 11.1 Å². The Balaban J connectivity index is 1.64. The van der Waals surface area contributed by atoms with Gasteiger partial charge < -0.3 is 5.32 Å². The van der Waals surface area contributed by atoms with E-state index in [2.05, 4.69) is 60.3 Å². The average Bonchev–Trinajstić information content (AvgIpc) is 3.18. The lowest BCUT2D eigenvalue weighted by Crippen LogP contribution is -2.29. The van der Waals surface area contributed by atoms with Crippen molar-refractivity contribution in [1.29, 1.82) is 0 Å². The first-order chi connectivity index (χ1) is 15.4. The Kier molecular flexibility index (Phi) is 6.56. The first-order valence-electron chi connectivity index (χ1n) is 10.9. The number of amides is 1. The maximum atomic E-state index is 13.3. The minimum atomic E-state index is -0.154. The quantitative estimate of drug-likeness (QED) is 0.382. The van der Waals surface area contributed by atoms with E-state index in [-0.39, 0.29) is 11.8 Å². The van der Waals surface area contributed by atoms with Crippen molar-refractivity contribution in [2.24, 2.45) is 5.92 Å². The molecular formula is C26H27ClN4O. The first-order valence-corrected chi connectivity index (χ1v) is 11.2. The van der Waals surface area contributed by atoms with Crippen LogP contribution in [0.3, 0.4) is 0 Å². The number of halogens is 1. The summed E-state index contributed by atoms with van der Waals surface area (Å²) < 4.78 is 1.81. The zero-order valence-corrected chi connectivity index (χ0v) is 19.3. The van der Waals surface area contributed by atoms with Crippen LogP contribution in [0.25, 0.3) is 16.9 Å². The largest absolute Gasteiger partial charge is 0.351 e. The molecule has 0 aliphatic heterocycles. The molecule has 1 N–H and O–H groups in total. The zero-order valence-electron chi connectivity index (χ0n) is 18.5. The minimum absolute atomic E-state index is 0.154. The second-order valence-corrected chi connectivity index (χ2v) is 8.95. The molecule has 0 saturated carbocycles. The second-order valence-electron chi connectivity index (χ2n) is 8.54. The Bertz CT molecular complexity index is 1220. The molecule has 32 heavy (non-hydrogen) atoms. The molecule has 1 amide bonds. The van der Waals surface area contributed by atoms with E-state index in [1.807, 2.05) is 16.7 Å². The van der Waals surface area contributed by atoms with Crippen LogP contribution >= 0.6 is 11.6 Å². The summed E-state index contributed by atoms with van der Waals surface area (Å²) in [4.78, 5) is 22.0. The summed E-state index contributed by atoms with van der Waals surface area (Å²) in [5.74, 6) is 1.10. The summed E-state index contributed by atoms with van der Waals surface area (Å²) in [6.45, 7) is 7.05. The monoisotopic (exact) mass is 446 g/mol. The predicted molar refractivity (Wildman–Crippen MR) is 130 cm³/mol. The van der Waals surface area contributed by atoms with Crippen molar-refractivity contribution in [3.63, 3.8) is 0 Å². The Morgan fingerprint density at radius 3 is 2.47 bits per heavy atom. The smallest absolute Gasteiger partial charge is 0.253 e. The lowest BCUT2D eigenvalue weighted by molar-refractivity contribution is 0.0951. The third-order valence-electron chi connectivity index (χ3n) is 5.60. The van der Waals surface area contributed by atoms with Crippen LogP contribution in [0.15, 0.2) is 67.1 Å². The van der Waals surface area contributed by atoms with Crippen molar-refractivity contribution in [3.05, 3.63) is 88.8 Å². The molecule has 2 aromatic carbocycles. The van der Waals surface area contributed by atoms with Gasteiger partial charge in [-0.1, -0.05) is 61.3 Å². The van der Waals surface area contributed by atoms with Gasteiger partial charge in [0.2, 0.25) is 5.95 Å². The molecule has 1 unspecified atom stereocenters. The molecule has 0 saturated heterocycles. The van der Waals surface area contributed by atoms with Gasteiger partial charge in [0.1, 0.15) is 0 Å². The van der Waals surface area contributed by atoms with Gasteiger partial charge in [0, 0.05) is 36.4 Å². The van der Waals surface area contributed by atoms with Gasteiger partial charge >= 0.3 is 0 Å². The van der Waals surface area contributed by atoms with E-state index in [4.69, 9.17) is 11.6 Å². The molecule has 164 valence electrons. The highest BCUT2D eigenvalue weighted by molar-refractivity contribution is 6.37.